The summed E-state index contributed by atoms with van der Waals surface area (Å²) in [5.74, 6) is -0.702. The zero-order chi connectivity index (χ0) is 27.6. The van der Waals surface area contributed by atoms with Crippen LogP contribution in [-0.2, 0) is 0 Å². The van der Waals surface area contributed by atoms with E-state index in [0.717, 1.165) is 0 Å². The number of hydrogen-bond acceptors (Lipinski definition) is 6. The third kappa shape index (κ3) is 7.53. The summed E-state index contributed by atoms with van der Waals surface area (Å²) in [7, 11) is 0. The molecule has 4 aromatic carbocycles. The first-order valence-corrected chi connectivity index (χ1v) is 12.3. The molecule has 0 bridgehead atoms. The highest BCUT2D eigenvalue weighted by Gasteiger charge is 2.14. The fourth-order valence-electron chi connectivity index (χ4n) is 3.46. The van der Waals surface area contributed by atoms with Crippen LogP contribution in [0.2, 0.25) is 5.02 Å². The van der Waals surface area contributed by atoms with Crippen molar-refractivity contribution in [1.82, 2.24) is 5.43 Å². The first-order valence-electron chi connectivity index (χ1n) is 12.0. The Morgan fingerprint density at radius 2 is 1.54 bits per heavy atom. The molecule has 0 aliphatic carbocycles. The zero-order valence-corrected chi connectivity index (χ0v) is 21.6. The highest BCUT2D eigenvalue weighted by atomic mass is 35.5. The van der Waals surface area contributed by atoms with Gasteiger partial charge in [-0.25, -0.2) is 10.2 Å². The SMILES string of the molecule is CCOc1cc(C=NNC(=O)c2cccc(NC(=O)c3ccccc3)c2)ccc1OC(=O)c1ccc(Cl)cc1. The number of anilines is 1. The molecule has 0 unspecified atom stereocenters. The normalized spacial score (nSPS) is 10.6. The van der Waals surface area contributed by atoms with Crippen LogP contribution in [0.4, 0.5) is 5.69 Å². The van der Waals surface area contributed by atoms with Crippen molar-refractivity contribution in [2.24, 2.45) is 5.10 Å². The molecule has 0 radical (unpaired) electrons. The van der Waals surface area contributed by atoms with Crippen LogP contribution in [-0.4, -0.2) is 30.6 Å². The number of rotatable bonds is 9. The Morgan fingerprint density at radius 1 is 0.795 bits per heavy atom. The largest absolute Gasteiger partial charge is 0.490 e. The van der Waals surface area contributed by atoms with Gasteiger partial charge in [0.25, 0.3) is 11.8 Å². The summed E-state index contributed by atoms with van der Waals surface area (Å²) < 4.78 is 11.1. The summed E-state index contributed by atoms with van der Waals surface area (Å²) in [6.45, 7) is 2.15. The second-order valence-electron chi connectivity index (χ2n) is 8.14. The molecule has 0 fully saturated rings. The van der Waals surface area contributed by atoms with Gasteiger partial charge in [0, 0.05) is 21.8 Å². The summed E-state index contributed by atoms with van der Waals surface area (Å²) in [6.07, 6.45) is 1.44. The number of nitrogens with zero attached hydrogens (tertiary/aromatic N) is 1. The van der Waals surface area contributed by atoms with E-state index >= 15 is 0 Å². The van der Waals surface area contributed by atoms with Crippen molar-refractivity contribution in [2.45, 2.75) is 6.92 Å². The van der Waals surface area contributed by atoms with Crippen molar-refractivity contribution < 1.29 is 23.9 Å². The molecule has 0 spiro atoms. The van der Waals surface area contributed by atoms with Crippen molar-refractivity contribution in [1.29, 1.82) is 0 Å². The lowest BCUT2D eigenvalue weighted by Crippen LogP contribution is -2.18. The number of nitrogens with one attached hydrogen (secondary N) is 2. The molecule has 4 rings (SSSR count). The highest BCUT2D eigenvalue weighted by Crippen LogP contribution is 2.29. The predicted molar refractivity (Wildman–Crippen MR) is 150 cm³/mol. The monoisotopic (exact) mass is 541 g/mol. The van der Waals surface area contributed by atoms with Crippen LogP contribution in [0.25, 0.3) is 0 Å². The number of benzene rings is 4. The number of hydrogen-bond donors (Lipinski definition) is 2. The molecule has 0 aliphatic heterocycles. The van der Waals surface area contributed by atoms with Gasteiger partial charge in [0.2, 0.25) is 0 Å². The van der Waals surface area contributed by atoms with Crippen molar-refractivity contribution >= 4 is 41.3 Å². The Labute approximate surface area is 230 Å². The molecular weight excluding hydrogens is 518 g/mol. The maximum Gasteiger partial charge on any atom is 0.343 e. The number of amides is 2. The standard InChI is InChI=1S/C30H24ClN3O5/c1-2-38-27-17-20(11-16-26(27)39-30(37)22-12-14-24(31)15-13-22)19-32-34-29(36)23-9-6-10-25(18-23)33-28(35)21-7-4-3-5-8-21/h3-19H,2H2,1H3,(H,33,35)(H,34,36). The Kier molecular flexibility index (Phi) is 9.05. The third-order valence-corrected chi connectivity index (χ3v) is 5.60. The topological polar surface area (TPSA) is 106 Å². The van der Waals surface area contributed by atoms with Crippen LogP contribution in [0.3, 0.4) is 0 Å². The van der Waals surface area contributed by atoms with Gasteiger partial charge in [-0.3, -0.25) is 9.59 Å². The van der Waals surface area contributed by atoms with Gasteiger partial charge in [-0.1, -0.05) is 35.9 Å². The quantitative estimate of drug-likeness (QED) is 0.117. The van der Waals surface area contributed by atoms with Crippen molar-refractivity contribution in [3.63, 3.8) is 0 Å². The lowest BCUT2D eigenvalue weighted by molar-refractivity contribution is 0.0728. The van der Waals surface area contributed by atoms with Crippen molar-refractivity contribution in [2.75, 3.05) is 11.9 Å². The van der Waals surface area contributed by atoms with E-state index in [4.69, 9.17) is 21.1 Å². The molecule has 8 nitrogen and oxygen atoms in total. The summed E-state index contributed by atoms with van der Waals surface area (Å²) in [4.78, 5) is 37.5. The highest BCUT2D eigenvalue weighted by molar-refractivity contribution is 6.30. The maximum absolute atomic E-state index is 12.6. The minimum absolute atomic E-state index is 0.243. The minimum Gasteiger partial charge on any atom is -0.490 e. The van der Waals surface area contributed by atoms with Crippen LogP contribution in [0.1, 0.15) is 43.6 Å². The van der Waals surface area contributed by atoms with E-state index in [0.29, 0.717) is 45.3 Å². The molecule has 0 aliphatic rings. The van der Waals surface area contributed by atoms with Gasteiger partial charge >= 0.3 is 5.97 Å². The van der Waals surface area contributed by atoms with Crippen molar-refractivity contribution in [3.8, 4) is 11.5 Å². The second kappa shape index (κ2) is 13.0. The molecule has 0 saturated carbocycles. The van der Waals surface area contributed by atoms with Gasteiger partial charge in [0.15, 0.2) is 11.5 Å². The Hall–Kier alpha value is -4.95. The smallest absolute Gasteiger partial charge is 0.343 e. The molecule has 0 heterocycles. The lowest BCUT2D eigenvalue weighted by Gasteiger charge is -2.11. The molecule has 2 N–H and O–H groups in total. The van der Waals surface area contributed by atoms with Gasteiger partial charge in [-0.05, 0) is 85.3 Å². The summed E-state index contributed by atoms with van der Waals surface area (Å²) >= 11 is 5.88. The third-order valence-electron chi connectivity index (χ3n) is 5.35. The number of esters is 1. The Balaban J connectivity index is 1.39. The van der Waals surface area contributed by atoms with E-state index in [1.807, 2.05) is 13.0 Å². The first-order chi connectivity index (χ1) is 18.9. The van der Waals surface area contributed by atoms with E-state index in [9.17, 15) is 14.4 Å². The van der Waals surface area contributed by atoms with Gasteiger partial charge in [0.05, 0.1) is 18.4 Å². The predicted octanol–water partition coefficient (Wildman–Crippen LogP) is 5.97. The van der Waals surface area contributed by atoms with E-state index in [-0.39, 0.29) is 11.7 Å². The van der Waals surface area contributed by atoms with Crippen LogP contribution in [0, 0.1) is 0 Å². The van der Waals surface area contributed by atoms with Crippen molar-refractivity contribution in [3.05, 3.63) is 124 Å². The lowest BCUT2D eigenvalue weighted by atomic mass is 10.1. The molecule has 0 atom stereocenters. The van der Waals surface area contributed by atoms with Gasteiger partial charge < -0.3 is 14.8 Å². The van der Waals surface area contributed by atoms with Gasteiger partial charge in [0.1, 0.15) is 0 Å². The summed E-state index contributed by atoms with van der Waals surface area (Å²) in [5.41, 5.74) is 4.72. The average molecular weight is 542 g/mol. The molecular formula is C30H24ClN3O5. The number of halogens is 1. The second-order valence-corrected chi connectivity index (χ2v) is 8.57. The summed E-state index contributed by atoms with van der Waals surface area (Å²) in [6, 6.07) is 26.5. The first kappa shape index (κ1) is 27.1. The molecule has 0 saturated heterocycles. The van der Waals surface area contributed by atoms with E-state index in [2.05, 4.69) is 15.8 Å². The van der Waals surface area contributed by atoms with Gasteiger partial charge in [-0.2, -0.15) is 5.10 Å². The number of carbonyl (C=O) groups is 3. The fraction of sp³-hybridized carbons (Fsp3) is 0.0667. The number of carbonyl (C=O) groups excluding carboxylic acids is 3. The summed E-state index contributed by atoms with van der Waals surface area (Å²) in [5, 5.41) is 7.30. The van der Waals surface area contributed by atoms with Crippen LogP contribution in [0.15, 0.2) is 102 Å². The van der Waals surface area contributed by atoms with Crippen LogP contribution in [0.5, 0.6) is 11.5 Å². The molecule has 2 amide bonds. The molecule has 0 aromatic heterocycles. The molecule has 9 heteroatoms. The molecule has 4 aromatic rings. The van der Waals surface area contributed by atoms with Gasteiger partial charge in [-0.15, -0.1) is 0 Å². The van der Waals surface area contributed by atoms with Crippen LogP contribution >= 0.6 is 11.6 Å². The molecule has 39 heavy (non-hydrogen) atoms. The van der Waals surface area contributed by atoms with E-state index in [1.165, 1.54) is 6.21 Å². The Bertz CT molecular complexity index is 1510. The van der Waals surface area contributed by atoms with E-state index in [1.54, 1.807) is 91.0 Å². The molecule has 196 valence electrons. The van der Waals surface area contributed by atoms with E-state index < -0.39 is 11.9 Å². The van der Waals surface area contributed by atoms with Crippen LogP contribution < -0.4 is 20.2 Å². The Morgan fingerprint density at radius 3 is 2.28 bits per heavy atom. The minimum atomic E-state index is -0.552. The maximum atomic E-state index is 12.6. The average Bonchev–Trinajstić information content (AvgIpc) is 2.95. The zero-order valence-electron chi connectivity index (χ0n) is 20.9. The number of hydrazone groups is 1. The number of ether oxygens (including phenoxy) is 2. The fourth-order valence-corrected chi connectivity index (χ4v) is 3.59.